The van der Waals surface area contributed by atoms with Gasteiger partial charge in [0.2, 0.25) is 5.91 Å². The number of rotatable bonds is 1. The number of anilines is 1. The summed E-state index contributed by atoms with van der Waals surface area (Å²) in [6, 6.07) is 8.43. The van der Waals surface area contributed by atoms with Crippen LogP contribution in [0.15, 0.2) is 24.3 Å². The summed E-state index contributed by atoms with van der Waals surface area (Å²) in [7, 11) is 0. The highest BCUT2D eigenvalue weighted by atomic mass is 16.5. The fourth-order valence-corrected chi connectivity index (χ4v) is 2.91. The number of ether oxygens (including phenoxy) is 1. The topological polar surface area (TPSA) is 41.6 Å². The van der Waals surface area contributed by atoms with Gasteiger partial charge in [-0.3, -0.25) is 4.79 Å². The standard InChI is InChI=1S/C15H20N2O2/c1-11-10-19-7-6-17(11)15(18)13-8-12-4-2-3-5-14(12)16-9-13/h2-5,11,13,16H,6-10H2,1H3. The minimum absolute atomic E-state index is 0.0513. The zero-order chi connectivity index (χ0) is 13.2. The van der Waals surface area contributed by atoms with Gasteiger partial charge in [-0.25, -0.2) is 0 Å². The molecular formula is C15H20N2O2. The molecule has 1 aromatic rings. The number of hydrogen-bond donors (Lipinski definition) is 1. The Morgan fingerprint density at radius 3 is 3.11 bits per heavy atom. The molecule has 1 N–H and O–H groups in total. The maximum atomic E-state index is 12.6. The number of nitrogens with one attached hydrogen (secondary N) is 1. The first-order valence-electron chi connectivity index (χ1n) is 6.95. The van der Waals surface area contributed by atoms with E-state index >= 15 is 0 Å². The Balaban J connectivity index is 1.72. The van der Waals surface area contributed by atoms with Gasteiger partial charge in [-0.2, -0.15) is 0 Å². The number of carbonyl (C=O) groups excluding carboxylic acids is 1. The van der Waals surface area contributed by atoms with E-state index in [1.54, 1.807) is 0 Å². The fourth-order valence-electron chi connectivity index (χ4n) is 2.91. The molecule has 1 fully saturated rings. The van der Waals surface area contributed by atoms with E-state index < -0.39 is 0 Å². The number of hydrogen-bond acceptors (Lipinski definition) is 3. The molecule has 1 aromatic carbocycles. The van der Waals surface area contributed by atoms with E-state index in [0.29, 0.717) is 13.2 Å². The van der Waals surface area contributed by atoms with Crippen LogP contribution in [0.4, 0.5) is 5.69 Å². The number of carbonyl (C=O) groups is 1. The van der Waals surface area contributed by atoms with Crippen molar-refractivity contribution in [1.29, 1.82) is 0 Å². The zero-order valence-electron chi connectivity index (χ0n) is 11.3. The van der Waals surface area contributed by atoms with Crippen LogP contribution in [0.1, 0.15) is 12.5 Å². The van der Waals surface area contributed by atoms with E-state index in [9.17, 15) is 4.79 Å². The summed E-state index contributed by atoms with van der Waals surface area (Å²) in [5, 5.41) is 3.37. The number of para-hydroxylation sites is 1. The SMILES string of the molecule is CC1COCCN1C(=O)C1CNc2ccccc2C1. The molecule has 2 atom stereocenters. The molecule has 19 heavy (non-hydrogen) atoms. The maximum Gasteiger partial charge on any atom is 0.228 e. The molecule has 2 aliphatic heterocycles. The van der Waals surface area contributed by atoms with E-state index in [4.69, 9.17) is 4.74 Å². The van der Waals surface area contributed by atoms with Gasteiger partial charge in [0, 0.05) is 18.8 Å². The van der Waals surface area contributed by atoms with E-state index in [1.165, 1.54) is 11.3 Å². The van der Waals surface area contributed by atoms with Crippen LogP contribution in [0.5, 0.6) is 0 Å². The van der Waals surface area contributed by atoms with Crippen molar-refractivity contribution in [2.24, 2.45) is 5.92 Å². The van der Waals surface area contributed by atoms with Gasteiger partial charge in [-0.05, 0) is 25.0 Å². The Kier molecular flexibility index (Phi) is 3.42. The predicted molar refractivity (Wildman–Crippen MR) is 74.1 cm³/mol. The molecule has 2 heterocycles. The minimum atomic E-state index is 0.0513. The second-order valence-electron chi connectivity index (χ2n) is 5.39. The van der Waals surface area contributed by atoms with Crippen LogP contribution in [0.25, 0.3) is 0 Å². The largest absolute Gasteiger partial charge is 0.384 e. The second-order valence-corrected chi connectivity index (χ2v) is 5.39. The highest BCUT2D eigenvalue weighted by molar-refractivity contribution is 5.81. The first kappa shape index (κ1) is 12.5. The van der Waals surface area contributed by atoms with Crippen LogP contribution < -0.4 is 5.32 Å². The Bertz CT molecular complexity index is 475. The molecule has 0 saturated carbocycles. The monoisotopic (exact) mass is 260 g/mol. The van der Waals surface area contributed by atoms with E-state index in [0.717, 1.165) is 19.5 Å². The number of amides is 1. The van der Waals surface area contributed by atoms with Gasteiger partial charge in [0.1, 0.15) is 0 Å². The molecule has 0 aliphatic carbocycles. The number of benzene rings is 1. The summed E-state index contributed by atoms with van der Waals surface area (Å²) in [5.74, 6) is 0.313. The van der Waals surface area contributed by atoms with Gasteiger partial charge in [0.05, 0.1) is 25.2 Å². The van der Waals surface area contributed by atoms with Crippen LogP contribution >= 0.6 is 0 Å². The third-order valence-electron chi connectivity index (χ3n) is 4.02. The first-order chi connectivity index (χ1) is 9.25. The van der Waals surface area contributed by atoms with Crippen molar-refractivity contribution in [3.05, 3.63) is 29.8 Å². The molecular weight excluding hydrogens is 240 g/mol. The highest BCUT2D eigenvalue weighted by Crippen LogP contribution is 2.26. The van der Waals surface area contributed by atoms with Gasteiger partial charge in [-0.1, -0.05) is 18.2 Å². The van der Waals surface area contributed by atoms with Crippen molar-refractivity contribution in [1.82, 2.24) is 4.90 Å². The molecule has 0 radical (unpaired) electrons. The van der Waals surface area contributed by atoms with Crippen LogP contribution in [0, 0.1) is 5.92 Å². The van der Waals surface area contributed by atoms with Gasteiger partial charge in [0.15, 0.2) is 0 Å². The maximum absolute atomic E-state index is 12.6. The Morgan fingerprint density at radius 2 is 2.26 bits per heavy atom. The highest BCUT2D eigenvalue weighted by Gasteiger charge is 2.31. The minimum Gasteiger partial charge on any atom is -0.384 e. The quantitative estimate of drug-likeness (QED) is 0.832. The van der Waals surface area contributed by atoms with Crippen molar-refractivity contribution in [2.75, 3.05) is 31.6 Å². The summed E-state index contributed by atoms with van der Waals surface area (Å²) < 4.78 is 5.40. The second kappa shape index (κ2) is 5.21. The van der Waals surface area contributed by atoms with Crippen LogP contribution in [-0.4, -0.2) is 43.2 Å². The molecule has 0 aromatic heterocycles. The molecule has 2 aliphatic rings. The lowest BCUT2D eigenvalue weighted by Crippen LogP contribution is -2.51. The third-order valence-corrected chi connectivity index (χ3v) is 4.02. The van der Waals surface area contributed by atoms with Crippen LogP contribution in [0.3, 0.4) is 0 Å². The lowest BCUT2D eigenvalue weighted by Gasteiger charge is -2.37. The summed E-state index contributed by atoms with van der Waals surface area (Å²) in [4.78, 5) is 14.6. The Labute approximate surface area is 113 Å². The van der Waals surface area contributed by atoms with Crippen LogP contribution in [-0.2, 0) is 16.0 Å². The average molecular weight is 260 g/mol. The molecule has 4 heteroatoms. The van der Waals surface area contributed by atoms with E-state index in [-0.39, 0.29) is 17.9 Å². The molecule has 1 amide bonds. The molecule has 0 spiro atoms. The first-order valence-corrected chi connectivity index (χ1v) is 6.95. The molecule has 2 unspecified atom stereocenters. The van der Waals surface area contributed by atoms with Gasteiger partial charge in [-0.15, -0.1) is 0 Å². The molecule has 1 saturated heterocycles. The van der Waals surface area contributed by atoms with Crippen LogP contribution in [0.2, 0.25) is 0 Å². The predicted octanol–water partition coefficient (Wildman–Crippen LogP) is 1.52. The normalized spacial score (nSPS) is 26.5. The van der Waals surface area contributed by atoms with Gasteiger partial charge in [0.25, 0.3) is 0 Å². The molecule has 0 bridgehead atoms. The Hall–Kier alpha value is -1.55. The van der Waals surface area contributed by atoms with Crippen molar-refractivity contribution >= 4 is 11.6 Å². The zero-order valence-corrected chi connectivity index (χ0v) is 11.3. The summed E-state index contributed by atoms with van der Waals surface area (Å²) in [5.41, 5.74) is 2.41. The number of fused-ring (bicyclic) bond motifs is 1. The van der Waals surface area contributed by atoms with Gasteiger partial charge < -0.3 is 15.0 Å². The van der Waals surface area contributed by atoms with E-state index in [1.807, 2.05) is 17.0 Å². The number of nitrogens with zero attached hydrogens (tertiary/aromatic N) is 1. The van der Waals surface area contributed by atoms with Crippen molar-refractivity contribution < 1.29 is 9.53 Å². The lowest BCUT2D eigenvalue weighted by molar-refractivity contribution is -0.143. The number of morpholine rings is 1. The van der Waals surface area contributed by atoms with E-state index in [2.05, 4.69) is 24.4 Å². The third kappa shape index (κ3) is 2.45. The smallest absolute Gasteiger partial charge is 0.228 e. The molecule has 102 valence electrons. The summed E-state index contributed by atoms with van der Waals surface area (Å²) in [6.45, 7) is 4.83. The molecule has 3 rings (SSSR count). The lowest BCUT2D eigenvalue weighted by atomic mass is 9.92. The summed E-state index contributed by atoms with van der Waals surface area (Å²) >= 11 is 0. The van der Waals surface area contributed by atoms with Gasteiger partial charge >= 0.3 is 0 Å². The summed E-state index contributed by atoms with van der Waals surface area (Å²) in [6.07, 6.45) is 0.839. The van der Waals surface area contributed by atoms with Crippen molar-refractivity contribution in [2.45, 2.75) is 19.4 Å². The Morgan fingerprint density at radius 1 is 1.42 bits per heavy atom. The molecule has 4 nitrogen and oxygen atoms in total. The average Bonchev–Trinajstić information content (AvgIpc) is 2.46. The van der Waals surface area contributed by atoms with Crippen molar-refractivity contribution in [3.63, 3.8) is 0 Å². The fraction of sp³-hybridized carbons (Fsp3) is 0.533. The van der Waals surface area contributed by atoms with Crippen molar-refractivity contribution in [3.8, 4) is 0 Å².